The molecule has 1 unspecified atom stereocenters. The van der Waals surface area contributed by atoms with E-state index in [-0.39, 0.29) is 5.82 Å². The SMILES string of the molecule is Fc1cc(OCC2CC23CC3)ccc1Br. The quantitative estimate of drug-likeness (QED) is 0.813. The molecule has 1 aromatic carbocycles. The lowest BCUT2D eigenvalue weighted by molar-refractivity contribution is 0.288. The van der Waals surface area contributed by atoms with E-state index < -0.39 is 0 Å². The van der Waals surface area contributed by atoms with Gasteiger partial charge in [-0.15, -0.1) is 0 Å². The van der Waals surface area contributed by atoms with Crippen LogP contribution in [-0.2, 0) is 0 Å². The van der Waals surface area contributed by atoms with Crippen LogP contribution in [0.4, 0.5) is 4.39 Å². The molecule has 2 aliphatic carbocycles. The summed E-state index contributed by atoms with van der Waals surface area (Å²) in [5.74, 6) is 1.10. The highest BCUT2D eigenvalue weighted by Crippen LogP contribution is 2.70. The third-order valence-electron chi connectivity index (χ3n) is 3.59. The normalized spacial score (nSPS) is 25.3. The van der Waals surface area contributed by atoms with Crippen molar-refractivity contribution in [1.29, 1.82) is 0 Å². The Morgan fingerprint density at radius 1 is 1.47 bits per heavy atom. The van der Waals surface area contributed by atoms with Gasteiger partial charge in [0.25, 0.3) is 0 Å². The third-order valence-corrected chi connectivity index (χ3v) is 4.24. The molecular formula is C12H12BrFO. The van der Waals surface area contributed by atoms with Crippen molar-refractivity contribution < 1.29 is 9.13 Å². The van der Waals surface area contributed by atoms with E-state index in [1.54, 1.807) is 12.1 Å². The van der Waals surface area contributed by atoms with Crippen molar-refractivity contribution in [3.63, 3.8) is 0 Å². The van der Waals surface area contributed by atoms with Crippen LogP contribution in [0.3, 0.4) is 0 Å². The summed E-state index contributed by atoms with van der Waals surface area (Å²) in [5, 5.41) is 0. The smallest absolute Gasteiger partial charge is 0.141 e. The molecule has 1 nitrogen and oxygen atoms in total. The highest BCUT2D eigenvalue weighted by Gasteiger charge is 2.62. The minimum absolute atomic E-state index is 0.260. The van der Waals surface area contributed by atoms with Gasteiger partial charge in [-0.2, -0.15) is 0 Å². The summed E-state index contributed by atoms with van der Waals surface area (Å²) in [5.41, 5.74) is 0.661. The molecule has 0 radical (unpaired) electrons. The summed E-state index contributed by atoms with van der Waals surface area (Å²) in [7, 11) is 0. The van der Waals surface area contributed by atoms with Gasteiger partial charge in [0, 0.05) is 6.07 Å². The molecular weight excluding hydrogens is 259 g/mol. The fraction of sp³-hybridized carbons (Fsp3) is 0.500. The largest absolute Gasteiger partial charge is 0.493 e. The van der Waals surface area contributed by atoms with Gasteiger partial charge in [-0.3, -0.25) is 0 Å². The summed E-state index contributed by atoms with van der Waals surface area (Å²) >= 11 is 3.12. The van der Waals surface area contributed by atoms with Crippen molar-refractivity contribution >= 4 is 15.9 Å². The van der Waals surface area contributed by atoms with Crippen LogP contribution in [0.2, 0.25) is 0 Å². The van der Waals surface area contributed by atoms with Crippen molar-refractivity contribution in [2.75, 3.05) is 6.61 Å². The molecule has 2 fully saturated rings. The Morgan fingerprint density at radius 2 is 2.27 bits per heavy atom. The number of benzene rings is 1. The van der Waals surface area contributed by atoms with Crippen molar-refractivity contribution in [3.8, 4) is 5.75 Å². The van der Waals surface area contributed by atoms with Gasteiger partial charge in [0.05, 0.1) is 11.1 Å². The maximum absolute atomic E-state index is 13.2. The van der Waals surface area contributed by atoms with Gasteiger partial charge in [0.15, 0.2) is 0 Å². The predicted molar refractivity (Wildman–Crippen MR) is 59.4 cm³/mol. The summed E-state index contributed by atoms with van der Waals surface area (Å²) in [6.45, 7) is 0.751. The second-order valence-corrected chi connectivity index (χ2v) is 5.50. The fourth-order valence-corrected chi connectivity index (χ4v) is 2.45. The zero-order valence-electron chi connectivity index (χ0n) is 8.30. The molecule has 0 aliphatic heterocycles. The van der Waals surface area contributed by atoms with E-state index in [2.05, 4.69) is 15.9 Å². The molecule has 0 saturated heterocycles. The van der Waals surface area contributed by atoms with Crippen molar-refractivity contribution in [2.45, 2.75) is 19.3 Å². The van der Waals surface area contributed by atoms with Crippen LogP contribution in [-0.4, -0.2) is 6.61 Å². The number of rotatable bonds is 3. The molecule has 0 heterocycles. The maximum atomic E-state index is 13.2. The Bertz CT molecular complexity index is 401. The Hall–Kier alpha value is -0.570. The Morgan fingerprint density at radius 3 is 2.87 bits per heavy atom. The van der Waals surface area contributed by atoms with E-state index in [9.17, 15) is 4.39 Å². The minimum atomic E-state index is -0.260. The van der Waals surface area contributed by atoms with E-state index in [1.807, 2.05) is 0 Å². The number of hydrogen-bond acceptors (Lipinski definition) is 1. The maximum Gasteiger partial charge on any atom is 0.141 e. The molecule has 15 heavy (non-hydrogen) atoms. The number of halogens is 2. The first kappa shape index (κ1) is 9.64. The van der Waals surface area contributed by atoms with Crippen molar-refractivity contribution in [3.05, 3.63) is 28.5 Å². The summed E-state index contributed by atoms with van der Waals surface area (Å²) in [6.07, 6.45) is 4.05. The van der Waals surface area contributed by atoms with E-state index in [1.165, 1.54) is 25.3 Å². The van der Waals surface area contributed by atoms with Gasteiger partial charge in [0.1, 0.15) is 11.6 Å². The van der Waals surface area contributed by atoms with Gasteiger partial charge in [-0.1, -0.05) is 0 Å². The van der Waals surface area contributed by atoms with Crippen LogP contribution < -0.4 is 4.74 Å². The average molecular weight is 271 g/mol. The molecule has 1 aromatic rings. The van der Waals surface area contributed by atoms with Crippen molar-refractivity contribution in [2.24, 2.45) is 11.3 Å². The third kappa shape index (κ3) is 1.78. The molecule has 2 saturated carbocycles. The second-order valence-electron chi connectivity index (χ2n) is 4.65. The van der Waals surface area contributed by atoms with Gasteiger partial charge < -0.3 is 4.74 Å². The highest BCUT2D eigenvalue weighted by atomic mass is 79.9. The molecule has 0 aromatic heterocycles. The fourth-order valence-electron chi connectivity index (χ4n) is 2.20. The molecule has 3 heteroatoms. The Kier molecular flexibility index (Phi) is 2.06. The molecule has 0 amide bonds. The average Bonchev–Trinajstić information content (AvgIpc) is 3.11. The van der Waals surface area contributed by atoms with Crippen LogP contribution in [0.25, 0.3) is 0 Å². The summed E-state index contributed by atoms with van der Waals surface area (Å²) < 4.78 is 19.2. The van der Waals surface area contributed by atoms with Crippen LogP contribution in [0.5, 0.6) is 5.75 Å². The second kappa shape index (κ2) is 3.21. The number of ether oxygens (including phenoxy) is 1. The minimum Gasteiger partial charge on any atom is -0.493 e. The molecule has 80 valence electrons. The summed E-state index contributed by atoms with van der Waals surface area (Å²) in [4.78, 5) is 0. The van der Waals surface area contributed by atoms with E-state index in [4.69, 9.17) is 4.74 Å². The van der Waals surface area contributed by atoms with Gasteiger partial charge in [-0.05, 0) is 58.7 Å². The lowest BCUT2D eigenvalue weighted by Crippen LogP contribution is -2.01. The summed E-state index contributed by atoms with van der Waals surface area (Å²) in [6, 6.07) is 4.92. The predicted octanol–water partition coefficient (Wildman–Crippen LogP) is 3.77. The zero-order chi connectivity index (χ0) is 10.5. The monoisotopic (exact) mass is 270 g/mol. The highest BCUT2D eigenvalue weighted by molar-refractivity contribution is 9.10. The molecule has 1 spiro atoms. The Labute approximate surface area is 96.8 Å². The molecule has 3 rings (SSSR count). The topological polar surface area (TPSA) is 9.23 Å². The van der Waals surface area contributed by atoms with Gasteiger partial charge >= 0.3 is 0 Å². The lowest BCUT2D eigenvalue weighted by Gasteiger charge is -2.05. The molecule has 0 N–H and O–H groups in total. The van der Waals surface area contributed by atoms with E-state index in [0.29, 0.717) is 15.6 Å². The van der Waals surface area contributed by atoms with Gasteiger partial charge in [0.2, 0.25) is 0 Å². The van der Waals surface area contributed by atoms with Crippen LogP contribution in [0, 0.1) is 17.2 Å². The first-order chi connectivity index (χ1) is 7.20. The molecule has 1 atom stereocenters. The van der Waals surface area contributed by atoms with E-state index >= 15 is 0 Å². The molecule has 0 bridgehead atoms. The standard InChI is InChI=1S/C12H12BrFO/c13-10-2-1-9(5-11(10)14)15-7-8-6-12(8)3-4-12/h1-2,5,8H,3-4,6-7H2. The number of hydrogen-bond donors (Lipinski definition) is 0. The first-order valence-corrected chi connectivity index (χ1v) is 6.07. The molecule has 2 aliphatic rings. The van der Waals surface area contributed by atoms with Gasteiger partial charge in [-0.25, -0.2) is 4.39 Å². The van der Waals surface area contributed by atoms with Crippen LogP contribution in [0.1, 0.15) is 19.3 Å². The van der Waals surface area contributed by atoms with Crippen LogP contribution in [0.15, 0.2) is 22.7 Å². The first-order valence-electron chi connectivity index (χ1n) is 5.27. The van der Waals surface area contributed by atoms with E-state index in [0.717, 1.165) is 12.5 Å². The Balaban J connectivity index is 1.59. The lowest BCUT2D eigenvalue weighted by atomic mass is 10.3. The zero-order valence-corrected chi connectivity index (χ0v) is 9.89. The van der Waals surface area contributed by atoms with Crippen LogP contribution >= 0.6 is 15.9 Å². The van der Waals surface area contributed by atoms with Crippen molar-refractivity contribution in [1.82, 2.24) is 0 Å².